The summed E-state index contributed by atoms with van der Waals surface area (Å²) >= 11 is 0. The molecule has 2 heterocycles. The Bertz CT molecular complexity index is 812. The fourth-order valence-electron chi connectivity index (χ4n) is 2.76. The molecule has 3 rings (SSSR count). The second-order valence-corrected chi connectivity index (χ2v) is 6.24. The van der Waals surface area contributed by atoms with Gasteiger partial charge in [0.25, 0.3) is 5.91 Å². The minimum atomic E-state index is -0.543. The molecule has 0 aliphatic carbocycles. The SMILES string of the molecule is CC1Oc2cc(NC(=O)NCCCNc3cccnc3)ccc2N(C)C1=O. The van der Waals surface area contributed by atoms with E-state index >= 15 is 0 Å². The molecule has 0 spiro atoms. The van der Waals surface area contributed by atoms with Crippen molar-refractivity contribution in [2.75, 3.05) is 35.7 Å². The van der Waals surface area contributed by atoms with Crippen LogP contribution >= 0.6 is 0 Å². The molecule has 0 saturated carbocycles. The number of hydrogen-bond donors (Lipinski definition) is 3. The van der Waals surface area contributed by atoms with Crippen LogP contribution in [-0.2, 0) is 4.79 Å². The molecule has 1 aliphatic rings. The zero-order chi connectivity index (χ0) is 19.2. The van der Waals surface area contributed by atoms with Gasteiger partial charge in [-0.05, 0) is 37.6 Å². The average molecular weight is 369 g/mol. The average Bonchev–Trinajstić information content (AvgIpc) is 2.66. The number of pyridine rings is 1. The van der Waals surface area contributed by atoms with Crippen molar-refractivity contribution in [1.29, 1.82) is 0 Å². The van der Waals surface area contributed by atoms with Crippen LogP contribution < -0.4 is 25.6 Å². The van der Waals surface area contributed by atoms with Crippen LogP contribution in [0.5, 0.6) is 5.75 Å². The van der Waals surface area contributed by atoms with Gasteiger partial charge in [0.05, 0.1) is 11.4 Å². The maximum Gasteiger partial charge on any atom is 0.319 e. The van der Waals surface area contributed by atoms with Gasteiger partial charge in [0.2, 0.25) is 0 Å². The van der Waals surface area contributed by atoms with Gasteiger partial charge in [-0.2, -0.15) is 0 Å². The molecule has 0 saturated heterocycles. The van der Waals surface area contributed by atoms with E-state index in [0.29, 0.717) is 23.7 Å². The molecule has 1 unspecified atom stereocenters. The molecular formula is C19H23N5O3. The van der Waals surface area contributed by atoms with Crippen molar-refractivity contribution in [3.63, 3.8) is 0 Å². The van der Waals surface area contributed by atoms with Gasteiger partial charge in [0.1, 0.15) is 5.75 Å². The number of carbonyl (C=O) groups is 2. The fraction of sp³-hybridized carbons (Fsp3) is 0.316. The van der Waals surface area contributed by atoms with Crippen molar-refractivity contribution >= 4 is 29.0 Å². The second kappa shape index (κ2) is 8.39. The van der Waals surface area contributed by atoms with E-state index in [1.54, 1.807) is 49.5 Å². The topological polar surface area (TPSA) is 95.6 Å². The number of fused-ring (bicyclic) bond motifs is 1. The van der Waals surface area contributed by atoms with Gasteiger partial charge in [-0.25, -0.2) is 4.79 Å². The number of carbonyl (C=O) groups excluding carboxylic acids is 2. The van der Waals surface area contributed by atoms with Gasteiger partial charge >= 0.3 is 6.03 Å². The van der Waals surface area contributed by atoms with Gasteiger partial charge in [-0.15, -0.1) is 0 Å². The smallest absolute Gasteiger partial charge is 0.319 e. The van der Waals surface area contributed by atoms with Crippen molar-refractivity contribution in [2.45, 2.75) is 19.4 Å². The van der Waals surface area contributed by atoms with Crippen molar-refractivity contribution in [2.24, 2.45) is 0 Å². The fourth-order valence-corrected chi connectivity index (χ4v) is 2.76. The minimum Gasteiger partial charge on any atom is -0.479 e. The van der Waals surface area contributed by atoms with E-state index in [-0.39, 0.29) is 11.9 Å². The van der Waals surface area contributed by atoms with E-state index in [4.69, 9.17) is 4.74 Å². The predicted octanol–water partition coefficient (Wildman–Crippen LogP) is 2.45. The minimum absolute atomic E-state index is 0.0964. The number of anilines is 3. The van der Waals surface area contributed by atoms with E-state index in [0.717, 1.165) is 18.7 Å². The molecule has 2 aromatic rings. The molecule has 1 atom stereocenters. The number of likely N-dealkylation sites (N-methyl/N-ethyl adjacent to an activating group) is 1. The first-order valence-corrected chi connectivity index (χ1v) is 8.81. The van der Waals surface area contributed by atoms with Crippen molar-refractivity contribution < 1.29 is 14.3 Å². The molecule has 1 aromatic carbocycles. The van der Waals surface area contributed by atoms with Gasteiger partial charge < -0.3 is 25.6 Å². The zero-order valence-electron chi connectivity index (χ0n) is 15.4. The molecule has 1 aromatic heterocycles. The Morgan fingerprint density at radius 2 is 2.11 bits per heavy atom. The van der Waals surface area contributed by atoms with Crippen LogP contribution in [0.2, 0.25) is 0 Å². The first kappa shape index (κ1) is 18.5. The van der Waals surface area contributed by atoms with Crippen LogP contribution in [0.1, 0.15) is 13.3 Å². The van der Waals surface area contributed by atoms with Gasteiger partial charge in [0.15, 0.2) is 6.10 Å². The Hall–Kier alpha value is -3.29. The molecule has 27 heavy (non-hydrogen) atoms. The number of ether oxygens (including phenoxy) is 1. The summed E-state index contributed by atoms with van der Waals surface area (Å²) in [5.41, 5.74) is 2.24. The normalized spacial score (nSPS) is 15.6. The number of nitrogens with zero attached hydrogens (tertiary/aromatic N) is 2. The van der Waals surface area contributed by atoms with Crippen LogP contribution in [0.15, 0.2) is 42.7 Å². The molecule has 1 aliphatic heterocycles. The molecule has 0 bridgehead atoms. The van der Waals surface area contributed by atoms with E-state index < -0.39 is 6.10 Å². The molecule has 8 heteroatoms. The van der Waals surface area contributed by atoms with Crippen LogP contribution in [0, 0.1) is 0 Å². The van der Waals surface area contributed by atoms with E-state index in [2.05, 4.69) is 20.9 Å². The summed E-state index contributed by atoms with van der Waals surface area (Å²) in [5.74, 6) is 0.476. The first-order chi connectivity index (χ1) is 13.0. The number of aromatic nitrogens is 1. The van der Waals surface area contributed by atoms with Gasteiger partial charge in [-0.1, -0.05) is 0 Å². The third-order valence-corrected chi connectivity index (χ3v) is 4.19. The maximum atomic E-state index is 12.0. The van der Waals surface area contributed by atoms with Crippen molar-refractivity contribution in [1.82, 2.24) is 10.3 Å². The summed E-state index contributed by atoms with van der Waals surface area (Å²) in [7, 11) is 1.71. The lowest BCUT2D eigenvalue weighted by Crippen LogP contribution is -2.42. The third kappa shape index (κ3) is 4.66. The summed E-state index contributed by atoms with van der Waals surface area (Å²) in [5, 5.41) is 8.82. The van der Waals surface area contributed by atoms with Crippen LogP contribution in [0.25, 0.3) is 0 Å². The van der Waals surface area contributed by atoms with Crippen LogP contribution in [0.4, 0.5) is 21.9 Å². The Labute approximate surface area is 157 Å². The monoisotopic (exact) mass is 369 g/mol. The number of rotatable bonds is 6. The number of nitrogens with one attached hydrogen (secondary N) is 3. The predicted molar refractivity (Wildman–Crippen MR) is 104 cm³/mol. The highest BCUT2D eigenvalue weighted by Gasteiger charge is 2.28. The Morgan fingerprint density at radius 3 is 2.89 bits per heavy atom. The van der Waals surface area contributed by atoms with Crippen LogP contribution in [0.3, 0.4) is 0 Å². The largest absolute Gasteiger partial charge is 0.479 e. The maximum absolute atomic E-state index is 12.0. The Kier molecular flexibility index (Phi) is 5.75. The molecule has 3 amide bonds. The van der Waals surface area contributed by atoms with E-state index in [1.807, 2.05) is 12.1 Å². The highest BCUT2D eigenvalue weighted by Crippen LogP contribution is 2.35. The quantitative estimate of drug-likeness (QED) is 0.680. The molecule has 142 valence electrons. The number of hydrogen-bond acceptors (Lipinski definition) is 5. The van der Waals surface area contributed by atoms with Crippen molar-refractivity contribution in [3.05, 3.63) is 42.7 Å². The lowest BCUT2D eigenvalue weighted by molar-refractivity contribution is -0.125. The summed E-state index contributed by atoms with van der Waals surface area (Å²) in [6.45, 7) is 2.97. The molecular weight excluding hydrogens is 346 g/mol. The summed E-state index contributed by atoms with van der Waals surface area (Å²) in [4.78, 5) is 29.5. The highest BCUT2D eigenvalue weighted by molar-refractivity contribution is 6.00. The van der Waals surface area contributed by atoms with Crippen molar-refractivity contribution in [3.8, 4) is 5.75 Å². The lowest BCUT2D eigenvalue weighted by atomic mass is 10.2. The summed E-state index contributed by atoms with van der Waals surface area (Å²) in [6.07, 6.45) is 3.71. The second-order valence-electron chi connectivity index (χ2n) is 6.24. The molecule has 8 nitrogen and oxygen atoms in total. The van der Waals surface area contributed by atoms with Crippen LogP contribution in [-0.4, -0.2) is 43.2 Å². The van der Waals surface area contributed by atoms with Gasteiger partial charge in [0, 0.05) is 44.3 Å². The first-order valence-electron chi connectivity index (χ1n) is 8.81. The number of amides is 3. The Balaban J connectivity index is 1.44. The van der Waals surface area contributed by atoms with Gasteiger partial charge in [-0.3, -0.25) is 9.78 Å². The zero-order valence-corrected chi connectivity index (χ0v) is 15.4. The standard InChI is InChI=1S/C19H23N5O3/c1-13-18(25)24(2)16-7-6-14(11-17(16)27-13)23-19(26)22-10-4-9-21-15-5-3-8-20-12-15/h3,5-8,11-13,21H,4,9-10H2,1-2H3,(H2,22,23,26). The Morgan fingerprint density at radius 1 is 1.26 bits per heavy atom. The summed E-state index contributed by atoms with van der Waals surface area (Å²) < 4.78 is 5.62. The lowest BCUT2D eigenvalue weighted by Gasteiger charge is -2.30. The highest BCUT2D eigenvalue weighted by atomic mass is 16.5. The third-order valence-electron chi connectivity index (χ3n) is 4.19. The summed E-state index contributed by atoms with van der Waals surface area (Å²) in [6, 6.07) is 8.74. The molecule has 3 N–H and O–H groups in total. The number of benzene rings is 1. The van der Waals surface area contributed by atoms with E-state index in [9.17, 15) is 9.59 Å². The molecule has 0 radical (unpaired) electrons. The molecule has 0 fully saturated rings. The number of urea groups is 1. The van der Waals surface area contributed by atoms with E-state index in [1.165, 1.54) is 0 Å².